The van der Waals surface area contributed by atoms with Gasteiger partial charge in [0, 0.05) is 37.4 Å². The maximum absolute atomic E-state index is 9.69. The highest BCUT2D eigenvalue weighted by Gasteiger charge is 2.30. The standard InChI is InChI=1S/C16H26N2O/c1-18(2)15-8-6-14(7-9-15)17-12-16(13-19)10-4-3-5-11-16/h6-9,17,19H,3-5,10-13H2,1-2H3. The molecule has 0 atom stereocenters. The van der Waals surface area contributed by atoms with E-state index in [1.54, 1.807) is 0 Å². The van der Waals surface area contributed by atoms with Crippen LogP contribution in [0.2, 0.25) is 0 Å². The molecule has 0 radical (unpaired) electrons. The molecule has 19 heavy (non-hydrogen) atoms. The number of hydrogen-bond acceptors (Lipinski definition) is 3. The molecule has 0 heterocycles. The Balaban J connectivity index is 1.93. The molecule has 1 aromatic carbocycles. The van der Waals surface area contributed by atoms with Crippen molar-refractivity contribution in [1.29, 1.82) is 0 Å². The Kier molecular flexibility index (Phi) is 4.70. The molecular weight excluding hydrogens is 236 g/mol. The number of hydrogen-bond donors (Lipinski definition) is 2. The maximum atomic E-state index is 9.69. The number of aliphatic hydroxyl groups is 1. The van der Waals surface area contributed by atoms with Gasteiger partial charge in [-0.1, -0.05) is 19.3 Å². The largest absolute Gasteiger partial charge is 0.396 e. The fourth-order valence-corrected chi connectivity index (χ4v) is 2.86. The molecule has 0 aliphatic heterocycles. The molecular formula is C16H26N2O. The monoisotopic (exact) mass is 262 g/mol. The first-order valence-corrected chi connectivity index (χ1v) is 7.27. The van der Waals surface area contributed by atoms with Crippen molar-refractivity contribution >= 4 is 11.4 Å². The Labute approximate surface area is 116 Å². The number of aliphatic hydroxyl groups excluding tert-OH is 1. The summed E-state index contributed by atoms with van der Waals surface area (Å²) in [6.45, 7) is 1.18. The summed E-state index contributed by atoms with van der Waals surface area (Å²) in [5, 5.41) is 13.2. The molecule has 0 aromatic heterocycles. The summed E-state index contributed by atoms with van der Waals surface area (Å²) in [5.41, 5.74) is 2.45. The van der Waals surface area contributed by atoms with Gasteiger partial charge >= 0.3 is 0 Å². The van der Waals surface area contributed by atoms with Crippen LogP contribution in [0.15, 0.2) is 24.3 Å². The summed E-state index contributed by atoms with van der Waals surface area (Å²) in [4.78, 5) is 2.10. The highest BCUT2D eigenvalue weighted by molar-refractivity contribution is 5.54. The molecule has 3 heteroatoms. The van der Waals surface area contributed by atoms with Gasteiger partial charge in [0.15, 0.2) is 0 Å². The molecule has 1 aromatic rings. The zero-order chi connectivity index (χ0) is 13.7. The first kappa shape index (κ1) is 14.2. The van der Waals surface area contributed by atoms with E-state index in [9.17, 15) is 5.11 Å². The van der Waals surface area contributed by atoms with Gasteiger partial charge in [-0.05, 0) is 37.1 Å². The van der Waals surface area contributed by atoms with Gasteiger partial charge in [-0.2, -0.15) is 0 Å². The van der Waals surface area contributed by atoms with Crippen LogP contribution >= 0.6 is 0 Å². The summed E-state index contributed by atoms with van der Waals surface area (Å²) in [6.07, 6.45) is 6.11. The van der Waals surface area contributed by atoms with Gasteiger partial charge in [0.2, 0.25) is 0 Å². The first-order valence-electron chi connectivity index (χ1n) is 7.27. The Hall–Kier alpha value is -1.22. The van der Waals surface area contributed by atoms with E-state index in [-0.39, 0.29) is 5.41 Å². The van der Waals surface area contributed by atoms with Gasteiger partial charge < -0.3 is 15.3 Å². The van der Waals surface area contributed by atoms with E-state index < -0.39 is 0 Å². The molecule has 2 N–H and O–H groups in total. The number of benzene rings is 1. The van der Waals surface area contributed by atoms with Gasteiger partial charge in [0.05, 0.1) is 6.61 Å². The van der Waals surface area contributed by atoms with Crippen molar-refractivity contribution in [2.24, 2.45) is 5.41 Å². The third-order valence-electron chi connectivity index (χ3n) is 4.30. The molecule has 2 rings (SSSR count). The lowest BCUT2D eigenvalue weighted by Gasteiger charge is -2.36. The third kappa shape index (κ3) is 3.63. The van der Waals surface area contributed by atoms with Crippen molar-refractivity contribution < 1.29 is 5.11 Å². The van der Waals surface area contributed by atoms with Crippen LogP contribution in [0.4, 0.5) is 11.4 Å². The van der Waals surface area contributed by atoms with E-state index in [0.29, 0.717) is 6.61 Å². The van der Waals surface area contributed by atoms with Crippen LogP contribution in [0.3, 0.4) is 0 Å². The average molecular weight is 262 g/mol. The second kappa shape index (κ2) is 6.29. The molecule has 0 bridgehead atoms. The summed E-state index contributed by atoms with van der Waals surface area (Å²) in [6, 6.07) is 8.47. The zero-order valence-corrected chi connectivity index (χ0v) is 12.2. The Morgan fingerprint density at radius 2 is 1.74 bits per heavy atom. The maximum Gasteiger partial charge on any atom is 0.0504 e. The molecule has 106 valence electrons. The number of rotatable bonds is 5. The SMILES string of the molecule is CN(C)c1ccc(NCC2(CO)CCCCC2)cc1. The van der Waals surface area contributed by atoms with Crippen molar-refractivity contribution in [3.8, 4) is 0 Å². The van der Waals surface area contributed by atoms with E-state index in [4.69, 9.17) is 0 Å². The molecule has 0 saturated heterocycles. The quantitative estimate of drug-likeness (QED) is 0.856. The van der Waals surface area contributed by atoms with E-state index in [0.717, 1.165) is 25.1 Å². The highest BCUT2D eigenvalue weighted by Crippen LogP contribution is 2.36. The van der Waals surface area contributed by atoms with Crippen molar-refractivity contribution in [2.75, 3.05) is 37.5 Å². The fraction of sp³-hybridized carbons (Fsp3) is 0.625. The number of anilines is 2. The van der Waals surface area contributed by atoms with Crippen LogP contribution in [0.25, 0.3) is 0 Å². The van der Waals surface area contributed by atoms with Gasteiger partial charge in [-0.3, -0.25) is 0 Å². The smallest absolute Gasteiger partial charge is 0.0504 e. The number of nitrogens with zero attached hydrogens (tertiary/aromatic N) is 1. The number of nitrogens with one attached hydrogen (secondary N) is 1. The second-order valence-corrected chi connectivity index (χ2v) is 6.01. The van der Waals surface area contributed by atoms with Gasteiger partial charge in [-0.25, -0.2) is 0 Å². The summed E-state index contributed by atoms with van der Waals surface area (Å²) < 4.78 is 0. The Bertz CT molecular complexity index is 380. The van der Waals surface area contributed by atoms with E-state index in [2.05, 4.69) is 34.5 Å². The summed E-state index contributed by atoms with van der Waals surface area (Å²) >= 11 is 0. The van der Waals surface area contributed by atoms with E-state index >= 15 is 0 Å². The first-order chi connectivity index (χ1) is 9.15. The van der Waals surface area contributed by atoms with Crippen molar-refractivity contribution in [3.05, 3.63) is 24.3 Å². The van der Waals surface area contributed by atoms with E-state index in [1.807, 2.05) is 14.1 Å². The van der Waals surface area contributed by atoms with Crippen LogP contribution < -0.4 is 10.2 Å². The minimum absolute atomic E-state index is 0.0957. The Morgan fingerprint density at radius 3 is 2.26 bits per heavy atom. The lowest BCUT2D eigenvalue weighted by Crippen LogP contribution is -2.35. The van der Waals surface area contributed by atoms with Gasteiger partial charge in [-0.15, -0.1) is 0 Å². The molecule has 0 amide bonds. The van der Waals surface area contributed by atoms with Crippen LogP contribution in [-0.4, -0.2) is 32.4 Å². The molecule has 1 aliphatic carbocycles. The zero-order valence-electron chi connectivity index (χ0n) is 12.2. The van der Waals surface area contributed by atoms with Gasteiger partial charge in [0.25, 0.3) is 0 Å². The van der Waals surface area contributed by atoms with Gasteiger partial charge in [0.1, 0.15) is 0 Å². The molecule has 0 unspecified atom stereocenters. The molecule has 1 fully saturated rings. The average Bonchev–Trinajstić information content (AvgIpc) is 2.46. The lowest BCUT2D eigenvalue weighted by molar-refractivity contribution is 0.0944. The molecule has 0 spiro atoms. The van der Waals surface area contributed by atoms with Crippen molar-refractivity contribution in [2.45, 2.75) is 32.1 Å². The Morgan fingerprint density at radius 1 is 1.11 bits per heavy atom. The van der Waals surface area contributed by atoms with Crippen LogP contribution in [-0.2, 0) is 0 Å². The van der Waals surface area contributed by atoms with Crippen LogP contribution in [0.5, 0.6) is 0 Å². The summed E-state index contributed by atoms with van der Waals surface area (Å²) in [7, 11) is 4.09. The topological polar surface area (TPSA) is 35.5 Å². The van der Waals surface area contributed by atoms with Crippen molar-refractivity contribution in [1.82, 2.24) is 0 Å². The normalized spacial score (nSPS) is 18.1. The second-order valence-electron chi connectivity index (χ2n) is 6.01. The summed E-state index contributed by atoms with van der Waals surface area (Å²) in [5.74, 6) is 0. The van der Waals surface area contributed by atoms with Crippen LogP contribution in [0.1, 0.15) is 32.1 Å². The molecule has 1 saturated carbocycles. The predicted octanol–water partition coefficient (Wildman–Crippen LogP) is 3.11. The molecule has 1 aliphatic rings. The van der Waals surface area contributed by atoms with Crippen molar-refractivity contribution in [3.63, 3.8) is 0 Å². The minimum Gasteiger partial charge on any atom is -0.396 e. The van der Waals surface area contributed by atoms with E-state index in [1.165, 1.54) is 24.9 Å². The molecule has 3 nitrogen and oxygen atoms in total. The predicted molar refractivity (Wildman–Crippen MR) is 81.9 cm³/mol. The van der Waals surface area contributed by atoms with Crippen LogP contribution in [0, 0.1) is 5.41 Å². The lowest BCUT2D eigenvalue weighted by atomic mass is 9.74. The third-order valence-corrected chi connectivity index (χ3v) is 4.30. The highest BCUT2D eigenvalue weighted by atomic mass is 16.3. The minimum atomic E-state index is 0.0957. The fourth-order valence-electron chi connectivity index (χ4n) is 2.86.